The Balaban J connectivity index is 0. The van der Waals surface area contributed by atoms with Gasteiger partial charge in [-0.15, -0.1) is 30.6 Å². The highest BCUT2D eigenvalue weighted by molar-refractivity contribution is 14.0. The fraction of sp³-hybridized carbons (Fsp3) is 0.800. The van der Waals surface area contributed by atoms with E-state index >= 15 is 0 Å². The van der Waals surface area contributed by atoms with Crippen LogP contribution in [0.4, 0.5) is 0 Å². The number of aliphatic imine (C=N–C) groups is 1. The predicted octanol–water partition coefficient (Wildman–Crippen LogP) is 2.86. The molecule has 4 nitrogen and oxygen atoms in total. The summed E-state index contributed by atoms with van der Waals surface area (Å²) in [5, 5.41) is 6.45. The van der Waals surface area contributed by atoms with Crippen LogP contribution in [0.15, 0.2) is 17.6 Å². The number of guanidine groups is 1. The number of halogens is 1. The van der Waals surface area contributed by atoms with E-state index in [4.69, 9.17) is 0 Å². The maximum atomic E-state index is 4.56. The first-order chi connectivity index (χ1) is 9.28. The predicted molar refractivity (Wildman–Crippen MR) is 101 cm³/mol. The minimum atomic E-state index is 0. The molecule has 0 spiro atoms. The molecule has 0 rings (SSSR count). The van der Waals surface area contributed by atoms with E-state index in [1.54, 1.807) is 0 Å². The molecule has 20 heavy (non-hydrogen) atoms. The monoisotopic (exact) mass is 396 g/mol. The molecular formula is C15H33IN4. The maximum Gasteiger partial charge on any atom is 0.191 e. The highest BCUT2D eigenvalue weighted by atomic mass is 127. The van der Waals surface area contributed by atoms with Crippen molar-refractivity contribution >= 4 is 29.9 Å². The van der Waals surface area contributed by atoms with Crippen LogP contribution in [0.5, 0.6) is 0 Å². The lowest BCUT2D eigenvalue weighted by atomic mass is 10.3. The van der Waals surface area contributed by atoms with Gasteiger partial charge in [-0.2, -0.15) is 0 Å². The van der Waals surface area contributed by atoms with E-state index in [0.29, 0.717) is 0 Å². The molecule has 0 aliphatic rings. The average Bonchev–Trinajstić information content (AvgIpc) is 2.41. The number of nitrogens with one attached hydrogen (secondary N) is 2. The minimum Gasteiger partial charge on any atom is -0.357 e. The van der Waals surface area contributed by atoms with Crippen LogP contribution in [0.3, 0.4) is 0 Å². The first-order valence-corrected chi connectivity index (χ1v) is 7.63. The summed E-state index contributed by atoms with van der Waals surface area (Å²) in [5.74, 6) is 0.889. The van der Waals surface area contributed by atoms with Crippen molar-refractivity contribution in [3.63, 3.8) is 0 Å². The van der Waals surface area contributed by atoms with E-state index in [-0.39, 0.29) is 24.0 Å². The van der Waals surface area contributed by atoms with Gasteiger partial charge >= 0.3 is 0 Å². The Labute approximate surface area is 142 Å². The van der Waals surface area contributed by atoms with E-state index < -0.39 is 0 Å². The van der Waals surface area contributed by atoms with Gasteiger partial charge in [0.25, 0.3) is 0 Å². The standard InChI is InChI=1S/C15H32N4.HI/c1-5-10-17-15(16-8-4)18-11-9-14-19(12-6-2)13-7-3;/h5H,1,6-14H2,2-4H3,(H2,16,17,18);1H. The smallest absolute Gasteiger partial charge is 0.191 e. The summed E-state index contributed by atoms with van der Waals surface area (Å²) in [6, 6.07) is 0. The van der Waals surface area contributed by atoms with Gasteiger partial charge in [-0.25, -0.2) is 0 Å². The molecule has 0 aromatic heterocycles. The summed E-state index contributed by atoms with van der Waals surface area (Å²) in [6.45, 7) is 16.3. The lowest BCUT2D eigenvalue weighted by Crippen LogP contribution is -2.37. The molecule has 0 saturated heterocycles. The summed E-state index contributed by atoms with van der Waals surface area (Å²) in [4.78, 5) is 7.09. The van der Waals surface area contributed by atoms with E-state index in [9.17, 15) is 0 Å². The quantitative estimate of drug-likeness (QED) is 0.186. The molecule has 0 amide bonds. The molecule has 120 valence electrons. The summed E-state index contributed by atoms with van der Waals surface area (Å²) in [5.41, 5.74) is 0. The van der Waals surface area contributed by atoms with Crippen molar-refractivity contribution in [2.45, 2.75) is 40.0 Å². The molecule has 0 bridgehead atoms. The molecule has 0 radical (unpaired) electrons. The summed E-state index contributed by atoms with van der Waals surface area (Å²) in [7, 11) is 0. The number of rotatable bonds is 11. The summed E-state index contributed by atoms with van der Waals surface area (Å²) < 4.78 is 0. The molecule has 0 aromatic rings. The fourth-order valence-corrected chi connectivity index (χ4v) is 1.96. The lowest BCUT2D eigenvalue weighted by molar-refractivity contribution is 0.273. The van der Waals surface area contributed by atoms with Gasteiger partial charge in [0.15, 0.2) is 5.96 Å². The second kappa shape index (κ2) is 16.8. The van der Waals surface area contributed by atoms with E-state index in [1.165, 1.54) is 25.9 Å². The van der Waals surface area contributed by atoms with E-state index in [0.717, 1.165) is 38.6 Å². The second-order valence-corrected chi connectivity index (χ2v) is 4.63. The Hall–Kier alpha value is -0.300. The highest BCUT2D eigenvalue weighted by Crippen LogP contribution is 1.96. The SMILES string of the molecule is C=CCNC(=NCCCN(CCC)CCC)NCC.I. The third-order valence-corrected chi connectivity index (χ3v) is 2.74. The number of hydrogen-bond acceptors (Lipinski definition) is 2. The molecule has 0 aliphatic heterocycles. The topological polar surface area (TPSA) is 39.7 Å². The van der Waals surface area contributed by atoms with E-state index in [1.807, 2.05) is 6.08 Å². The van der Waals surface area contributed by atoms with Crippen LogP contribution in [0.2, 0.25) is 0 Å². The number of hydrogen-bond donors (Lipinski definition) is 2. The van der Waals surface area contributed by atoms with Gasteiger partial charge in [0.1, 0.15) is 0 Å². The van der Waals surface area contributed by atoms with Gasteiger partial charge in [-0.05, 0) is 45.8 Å². The van der Waals surface area contributed by atoms with Gasteiger partial charge in [-0.3, -0.25) is 4.99 Å². The van der Waals surface area contributed by atoms with Crippen molar-refractivity contribution in [2.24, 2.45) is 4.99 Å². The van der Waals surface area contributed by atoms with Crippen LogP contribution in [0.25, 0.3) is 0 Å². The summed E-state index contributed by atoms with van der Waals surface area (Å²) in [6.07, 6.45) is 5.42. The zero-order valence-electron chi connectivity index (χ0n) is 13.5. The first-order valence-electron chi connectivity index (χ1n) is 7.63. The average molecular weight is 396 g/mol. The van der Waals surface area contributed by atoms with Gasteiger partial charge in [0, 0.05) is 19.6 Å². The van der Waals surface area contributed by atoms with Crippen molar-refractivity contribution in [1.29, 1.82) is 0 Å². The van der Waals surface area contributed by atoms with Crippen molar-refractivity contribution in [3.8, 4) is 0 Å². The molecule has 0 saturated carbocycles. The molecule has 2 N–H and O–H groups in total. The van der Waals surface area contributed by atoms with Crippen molar-refractivity contribution in [1.82, 2.24) is 15.5 Å². The minimum absolute atomic E-state index is 0. The molecule has 0 heterocycles. The van der Waals surface area contributed by atoms with Crippen LogP contribution >= 0.6 is 24.0 Å². The third-order valence-electron chi connectivity index (χ3n) is 2.74. The zero-order valence-corrected chi connectivity index (χ0v) is 15.8. The van der Waals surface area contributed by atoms with Gasteiger partial charge in [-0.1, -0.05) is 19.9 Å². The van der Waals surface area contributed by atoms with Crippen molar-refractivity contribution in [3.05, 3.63) is 12.7 Å². The van der Waals surface area contributed by atoms with Crippen LogP contribution in [0, 0.1) is 0 Å². The van der Waals surface area contributed by atoms with Crippen LogP contribution in [-0.2, 0) is 0 Å². The van der Waals surface area contributed by atoms with Crippen LogP contribution in [0.1, 0.15) is 40.0 Å². The van der Waals surface area contributed by atoms with Gasteiger partial charge in [0.2, 0.25) is 0 Å². The van der Waals surface area contributed by atoms with Crippen molar-refractivity contribution < 1.29 is 0 Å². The molecule has 0 aliphatic carbocycles. The molecule has 0 fully saturated rings. The Morgan fingerprint density at radius 1 is 1.10 bits per heavy atom. The lowest BCUT2D eigenvalue weighted by Gasteiger charge is -2.20. The third kappa shape index (κ3) is 12.7. The molecule has 0 aromatic carbocycles. The molecular weight excluding hydrogens is 363 g/mol. The zero-order chi connectivity index (χ0) is 14.3. The highest BCUT2D eigenvalue weighted by Gasteiger charge is 2.01. The largest absolute Gasteiger partial charge is 0.357 e. The fourth-order valence-electron chi connectivity index (χ4n) is 1.96. The first kappa shape index (κ1) is 22.0. The normalized spacial score (nSPS) is 11.1. The summed E-state index contributed by atoms with van der Waals surface area (Å²) >= 11 is 0. The van der Waals surface area contributed by atoms with Gasteiger partial charge in [0.05, 0.1) is 0 Å². The Morgan fingerprint density at radius 2 is 1.75 bits per heavy atom. The molecule has 0 unspecified atom stereocenters. The molecule has 5 heteroatoms. The second-order valence-electron chi connectivity index (χ2n) is 4.63. The van der Waals surface area contributed by atoms with E-state index in [2.05, 4.69) is 47.9 Å². The molecule has 0 atom stereocenters. The Morgan fingerprint density at radius 3 is 2.25 bits per heavy atom. The maximum absolute atomic E-state index is 4.56. The van der Waals surface area contributed by atoms with Crippen LogP contribution in [-0.4, -0.2) is 50.1 Å². The number of nitrogens with zero attached hydrogens (tertiary/aromatic N) is 2. The van der Waals surface area contributed by atoms with Crippen LogP contribution < -0.4 is 10.6 Å². The van der Waals surface area contributed by atoms with Crippen molar-refractivity contribution in [2.75, 3.05) is 39.3 Å². The Kier molecular flexibility index (Phi) is 18.4. The van der Waals surface area contributed by atoms with Gasteiger partial charge < -0.3 is 15.5 Å². The Bertz CT molecular complexity index is 238.